The van der Waals surface area contributed by atoms with Crippen molar-refractivity contribution in [3.8, 4) is 22.4 Å². The summed E-state index contributed by atoms with van der Waals surface area (Å²) in [6.07, 6.45) is 3.22. The lowest BCUT2D eigenvalue weighted by Gasteiger charge is -2.32. The van der Waals surface area contributed by atoms with Crippen LogP contribution in [-0.2, 0) is 6.18 Å². The van der Waals surface area contributed by atoms with Crippen LogP contribution in [0.2, 0.25) is 0 Å². The average Bonchev–Trinajstić information content (AvgIpc) is 3.19. The van der Waals surface area contributed by atoms with E-state index in [0.717, 1.165) is 48.6 Å². The largest absolute Gasteiger partial charge is 0.416 e. The minimum Gasteiger partial charge on any atom is -0.306 e. The highest BCUT2D eigenvalue weighted by Gasteiger charge is 2.32. The monoisotopic (exact) mass is 414 g/mol. The first kappa shape index (κ1) is 20.6. The number of pyridine rings is 1. The summed E-state index contributed by atoms with van der Waals surface area (Å²) in [6, 6.07) is 9.72. The van der Waals surface area contributed by atoms with Crippen molar-refractivity contribution in [1.82, 2.24) is 20.1 Å². The van der Waals surface area contributed by atoms with Crippen LogP contribution in [0.4, 0.5) is 13.2 Å². The number of hydrogen-bond donors (Lipinski definition) is 1. The Balaban J connectivity index is 1.76. The molecule has 0 saturated heterocycles. The highest BCUT2D eigenvalue weighted by molar-refractivity contribution is 5.83. The molecule has 7 heteroatoms. The third kappa shape index (κ3) is 4.12. The molecule has 0 unspecified atom stereocenters. The van der Waals surface area contributed by atoms with E-state index in [1.165, 1.54) is 12.1 Å². The van der Waals surface area contributed by atoms with Crippen molar-refractivity contribution in [2.45, 2.75) is 43.8 Å². The van der Waals surface area contributed by atoms with E-state index in [2.05, 4.69) is 34.2 Å². The minimum absolute atomic E-state index is 0.302. The highest BCUT2D eigenvalue weighted by atomic mass is 19.4. The summed E-state index contributed by atoms with van der Waals surface area (Å²) in [6.45, 7) is 0. The maximum Gasteiger partial charge on any atom is 0.416 e. The zero-order chi connectivity index (χ0) is 21.3. The normalized spacial score (nSPS) is 19.9. The van der Waals surface area contributed by atoms with E-state index in [4.69, 9.17) is 0 Å². The van der Waals surface area contributed by atoms with Crippen molar-refractivity contribution < 1.29 is 13.2 Å². The van der Waals surface area contributed by atoms with E-state index in [0.29, 0.717) is 23.2 Å². The lowest BCUT2D eigenvalue weighted by Crippen LogP contribution is -2.31. The van der Waals surface area contributed by atoms with Gasteiger partial charge in [-0.05, 0) is 69.6 Å². The zero-order valence-electron chi connectivity index (χ0n) is 17.1. The SMILES string of the molecule is CN(C)[C@H]1CC[C@@H](c2[nH]nc(-c3cccc(C(F)(F)F)c3)c2-c2ccncc2)CC1. The predicted molar refractivity (Wildman–Crippen MR) is 111 cm³/mol. The molecule has 1 fully saturated rings. The number of halogens is 3. The summed E-state index contributed by atoms with van der Waals surface area (Å²) < 4.78 is 39.8. The standard InChI is InChI=1S/C23H25F3N4/c1-30(2)19-8-6-16(7-9-19)21-20(15-10-12-27-13-11-15)22(29-28-21)17-4-3-5-18(14-17)23(24,25)26/h3-5,10-14,16,19H,6-9H2,1-2H3,(H,28,29)/t16-,19+. The Hall–Kier alpha value is -2.67. The van der Waals surface area contributed by atoms with Crippen LogP contribution in [0.15, 0.2) is 48.8 Å². The molecule has 0 amide bonds. The van der Waals surface area contributed by atoms with Crippen molar-refractivity contribution in [3.05, 3.63) is 60.0 Å². The molecule has 1 saturated carbocycles. The molecule has 4 nitrogen and oxygen atoms in total. The minimum atomic E-state index is -4.39. The molecular formula is C23H25F3N4. The Labute approximate surface area is 174 Å². The van der Waals surface area contributed by atoms with Crippen LogP contribution in [0.3, 0.4) is 0 Å². The molecule has 0 bridgehead atoms. The first-order valence-electron chi connectivity index (χ1n) is 10.2. The number of nitrogens with one attached hydrogen (secondary N) is 1. The first-order chi connectivity index (χ1) is 14.3. The van der Waals surface area contributed by atoms with E-state index < -0.39 is 11.7 Å². The van der Waals surface area contributed by atoms with Gasteiger partial charge in [0, 0.05) is 41.2 Å². The molecule has 1 aliphatic rings. The van der Waals surface area contributed by atoms with Crippen LogP contribution in [0.5, 0.6) is 0 Å². The van der Waals surface area contributed by atoms with Crippen molar-refractivity contribution in [2.24, 2.45) is 0 Å². The number of H-pyrrole nitrogens is 1. The van der Waals surface area contributed by atoms with Gasteiger partial charge in [0.25, 0.3) is 0 Å². The van der Waals surface area contributed by atoms with Gasteiger partial charge in [0.1, 0.15) is 5.69 Å². The Kier molecular flexibility index (Phi) is 5.64. The third-order valence-corrected chi connectivity index (χ3v) is 6.06. The van der Waals surface area contributed by atoms with E-state index in [-0.39, 0.29) is 0 Å². The fourth-order valence-electron chi connectivity index (χ4n) is 4.39. The summed E-state index contributed by atoms with van der Waals surface area (Å²) >= 11 is 0. The maximum atomic E-state index is 13.3. The van der Waals surface area contributed by atoms with E-state index >= 15 is 0 Å². The molecule has 2 aromatic heterocycles. The second kappa shape index (κ2) is 8.22. The predicted octanol–water partition coefficient (Wildman–Crippen LogP) is 5.75. The quantitative estimate of drug-likeness (QED) is 0.592. The Morgan fingerprint density at radius 2 is 1.67 bits per heavy atom. The van der Waals surface area contributed by atoms with Gasteiger partial charge in [0.05, 0.1) is 5.56 Å². The van der Waals surface area contributed by atoms with Crippen LogP contribution in [0, 0.1) is 0 Å². The van der Waals surface area contributed by atoms with Gasteiger partial charge in [-0.2, -0.15) is 18.3 Å². The smallest absolute Gasteiger partial charge is 0.306 e. The lowest BCUT2D eigenvalue weighted by atomic mass is 9.81. The van der Waals surface area contributed by atoms with Gasteiger partial charge >= 0.3 is 6.18 Å². The molecular weight excluding hydrogens is 389 g/mol. The summed E-state index contributed by atoms with van der Waals surface area (Å²) in [7, 11) is 4.21. The van der Waals surface area contributed by atoms with Gasteiger partial charge in [-0.3, -0.25) is 10.1 Å². The van der Waals surface area contributed by atoms with Gasteiger partial charge < -0.3 is 4.90 Å². The molecule has 4 rings (SSSR count). The second-order valence-electron chi connectivity index (χ2n) is 8.14. The van der Waals surface area contributed by atoms with Crippen LogP contribution in [-0.4, -0.2) is 40.2 Å². The van der Waals surface area contributed by atoms with Crippen LogP contribution in [0.25, 0.3) is 22.4 Å². The molecule has 1 aliphatic carbocycles. The second-order valence-corrected chi connectivity index (χ2v) is 8.14. The molecule has 1 N–H and O–H groups in total. The van der Waals surface area contributed by atoms with Crippen molar-refractivity contribution >= 4 is 0 Å². The van der Waals surface area contributed by atoms with Gasteiger partial charge in [-0.15, -0.1) is 0 Å². The highest BCUT2D eigenvalue weighted by Crippen LogP contribution is 2.42. The number of alkyl halides is 3. The maximum absolute atomic E-state index is 13.3. The number of aromatic amines is 1. The third-order valence-electron chi connectivity index (χ3n) is 6.06. The molecule has 158 valence electrons. The number of aromatic nitrogens is 3. The van der Waals surface area contributed by atoms with Crippen molar-refractivity contribution in [3.63, 3.8) is 0 Å². The number of benzene rings is 1. The molecule has 0 spiro atoms. The number of hydrogen-bond acceptors (Lipinski definition) is 3. The average molecular weight is 414 g/mol. The van der Waals surface area contributed by atoms with Gasteiger partial charge in [0.15, 0.2) is 0 Å². The van der Waals surface area contributed by atoms with Gasteiger partial charge in [-0.1, -0.05) is 12.1 Å². The van der Waals surface area contributed by atoms with Gasteiger partial charge in [-0.25, -0.2) is 0 Å². The summed E-state index contributed by atoms with van der Waals surface area (Å²) in [5.41, 5.74) is 3.14. The Morgan fingerprint density at radius 1 is 0.967 bits per heavy atom. The molecule has 2 heterocycles. The van der Waals surface area contributed by atoms with E-state index in [1.54, 1.807) is 18.5 Å². The fraction of sp³-hybridized carbons (Fsp3) is 0.391. The summed E-state index contributed by atoms with van der Waals surface area (Å²) in [5.74, 6) is 0.302. The van der Waals surface area contributed by atoms with Gasteiger partial charge in [0.2, 0.25) is 0 Å². The zero-order valence-corrected chi connectivity index (χ0v) is 17.1. The number of rotatable bonds is 4. The first-order valence-corrected chi connectivity index (χ1v) is 10.2. The molecule has 0 atom stereocenters. The van der Waals surface area contributed by atoms with Crippen LogP contribution < -0.4 is 0 Å². The molecule has 0 radical (unpaired) electrons. The molecule has 3 aromatic rings. The summed E-state index contributed by atoms with van der Waals surface area (Å²) in [5, 5.41) is 7.67. The number of nitrogens with zero attached hydrogens (tertiary/aromatic N) is 3. The van der Waals surface area contributed by atoms with E-state index in [9.17, 15) is 13.2 Å². The topological polar surface area (TPSA) is 44.8 Å². The summed E-state index contributed by atoms with van der Waals surface area (Å²) in [4.78, 5) is 6.36. The Bertz CT molecular complexity index is 987. The van der Waals surface area contributed by atoms with E-state index in [1.807, 2.05) is 12.1 Å². The molecule has 0 aliphatic heterocycles. The van der Waals surface area contributed by atoms with Crippen molar-refractivity contribution in [2.75, 3.05) is 14.1 Å². The Morgan fingerprint density at radius 3 is 2.30 bits per heavy atom. The van der Waals surface area contributed by atoms with Crippen LogP contribution in [0.1, 0.15) is 42.9 Å². The van der Waals surface area contributed by atoms with Crippen molar-refractivity contribution in [1.29, 1.82) is 0 Å². The lowest BCUT2D eigenvalue weighted by molar-refractivity contribution is -0.137. The molecule has 1 aromatic carbocycles. The molecule has 30 heavy (non-hydrogen) atoms. The fourth-order valence-corrected chi connectivity index (χ4v) is 4.39. The van der Waals surface area contributed by atoms with Crippen LogP contribution >= 0.6 is 0 Å².